The van der Waals surface area contributed by atoms with E-state index in [0.29, 0.717) is 5.92 Å². The quantitative estimate of drug-likeness (QED) is 0.583. The summed E-state index contributed by atoms with van der Waals surface area (Å²) in [7, 11) is 0. The number of aromatic hydroxyl groups is 1. The van der Waals surface area contributed by atoms with Crippen LogP contribution in [-0.4, -0.2) is 16.4 Å². The third-order valence-electron chi connectivity index (χ3n) is 4.69. The van der Waals surface area contributed by atoms with Gasteiger partial charge in [0.15, 0.2) is 11.5 Å². The van der Waals surface area contributed by atoms with E-state index in [9.17, 15) is 9.90 Å². The van der Waals surface area contributed by atoms with Gasteiger partial charge in [-0.3, -0.25) is 0 Å². The molecule has 0 amide bonds. The first-order chi connectivity index (χ1) is 10.5. The van der Waals surface area contributed by atoms with Crippen molar-refractivity contribution in [1.29, 1.82) is 0 Å². The summed E-state index contributed by atoms with van der Waals surface area (Å²) in [5.74, 6) is 0.420. The van der Waals surface area contributed by atoms with Crippen molar-refractivity contribution >= 4 is 6.16 Å². The number of unbranched alkanes of at least 4 members (excludes halogenated alkanes) is 1. The van der Waals surface area contributed by atoms with E-state index in [1.165, 1.54) is 6.42 Å². The second-order valence-electron chi connectivity index (χ2n) is 6.23. The summed E-state index contributed by atoms with van der Waals surface area (Å²) in [5.41, 5.74) is 3.11. The van der Waals surface area contributed by atoms with Crippen molar-refractivity contribution in [1.82, 2.24) is 0 Å². The maximum atomic E-state index is 10.9. The highest BCUT2D eigenvalue weighted by Crippen LogP contribution is 2.44. The van der Waals surface area contributed by atoms with Gasteiger partial charge in [0.2, 0.25) is 0 Å². The molecule has 0 saturated heterocycles. The zero-order chi connectivity index (χ0) is 16.1. The van der Waals surface area contributed by atoms with Crippen LogP contribution in [-0.2, 0) is 6.42 Å². The Morgan fingerprint density at radius 2 is 2.00 bits per heavy atom. The smallest absolute Gasteiger partial charge is 0.504 e. The normalized spacial score (nSPS) is 15.7. The van der Waals surface area contributed by atoms with E-state index in [4.69, 9.17) is 9.84 Å². The van der Waals surface area contributed by atoms with Crippen molar-refractivity contribution in [3.05, 3.63) is 22.8 Å². The molecule has 1 fully saturated rings. The predicted molar refractivity (Wildman–Crippen MR) is 85.9 cm³/mol. The summed E-state index contributed by atoms with van der Waals surface area (Å²) in [6.45, 7) is 4.17. The second kappa shape index (κ2) is 7.52. The average Bonchev–Trinajstić information content (AvgIpc) is 2.50. The van der Waals surface area contributed by atoms with Gasteiger partial charge in [0.05, 0.1) is 0 Å². The number of carboxylic acid groups (broad SMARTS) is 1. The molecule has 0 atom stereocenters. The Morgan fingerprint density at radius 1 is 1.32 bits per heavy atom. The van der Waals surface area contributed by atoms with E-state index >= 15 is 0 Å². The molecule has 1 aromatic rings. The van der Waals surface area contributed by atoms with Crippen LogP contribution < -0.4 is 4.74 Å². The van der Waals surface area contributed by atoms with Crippen LogP contribution in [0, 0.1) is 6.92 Å². The fourth-order valence-corrected chi connectivity index (χ4v) is 3.51. The van der Waals surface area contributed by atoms with Crippen LogP contribution in [0.4, 0.5) is 4.79 Å². The van der Waals surface area contributed by atoms with E-state index in [0.717, 1.165) is 61.6 Å². The molecule has 0 aliphatic heterocycles. The van der Waals surface area contributed by atoms with Gasteiger partial charge in [-0.25, -0.2) is 4.79 Å². The third kappa shape index (κ3) is 3.73. The van der Waals surface area contributed by atoms with E-state index < -0.39 is 6.16 Å². The van der Waals surface area contributed by atoms with E-state index in [1.807, 2.05) is 6.92 Å². The van der Waals surface area contributed by atoms with Gasteiger partial charge >= 0.3 is 6.16 Å². The van der Waals surface area contributed by atoms with Crippen molar-refractivity contribution in [3.63, 3.8) is 0 Å². The van der Waals surface area contributed by atoms with Crippen molar-refractivity contribution in [2.75, 3.05) is 0 Å². The first-order valence-electron chi connectivity index (χ1n) is 8.30. The molecule has 1 saturated carbocycles. The number of rotatable bonds is 5. The van der Waals surface area contributed by atoms with E-state index in [-0.39, 0.29) is 11.5 Å². The van der Waals surface area contributed by atoms with Crippen LogP contribution in [0.5, 0.6) is 11.5 Å². The number of ether oxygens (including phenoxy) is 1. The third-order valence-corrected chi connectivity index (χ3v) is 4.69. The highest BCUT2D eigenvalue weighted by Gasteiger charge is 2.25. The molecule has 0 heterocycles. The Balaban J connectivity index is 2.44. The number of benzene rings is 1. The Hall–Kier alpha value is -1.71. The Morgan fingerprint density at radius 3 is 2.59 bits per heavy atom. The molecule has 0 bridgehead atoms. The van der Waals surface area contributed by atoms with Crippen LogP contribution in [0.2, 0.25) is 0 Å². The fraction of sp³-hybridized carbons (Fsp3) is 0.611. The standard InChI is InChI=1S/C18H26O4/c1-3-4-8-14-11-15(22-18(20)21)17(19)16(12(14)2)13-9-6-5-7-10-13/h11,13,19H,3-10H2,1-2H3,(H,20,21). The van der Waals surface area contributed by atoms with Gasteiger partial charge < -0.3 is 14.9 Å². The molecule has 122 valence electrons. The van der Waals surface area contributed by atoms with E-state index in [1.54, 1.807) is 6.07 Å². The van der Waals surface area contributed by atoms with Gasteiger partial charge in [-0.05, 0) is 55.7 Å². The minimum Gasteiger partial charge on any atom is -0.504 e. The van der Waals surface area contributed by atoms with Crippen molar-refractivity contribution in [2.24, 2.45) is 0 Å². The molecule has 2 N–H and O–H groups in total. The van der Waals surface area contributed by atoms with E-state index in [2.05, 4.69) is 6.92 Å². The van der Waals surface area contributed by atoms with Crippen molar-refractivity contribution in [3.8, 4) is 11.5 Å². The van der Waals surface area contributed by atoms with Gasteiger partial charge in [-0.2, -0.15) is 0 Å². The maximum Gasteiger partial charge on any atom is 0.511 e. The SMILES string of the molecule is CCCCc1cc(OC(=O)O)c(O)c(C2CCCCC2)c1C. The molecule has 1 aliphatic rings. The topological polar surface area (TPSA) is 66.8 Å². The molecular weight excluding hydrogens is 280 g/mol. The minimum atomic E-state index is -1.38. The Bertz CT molecular complexity index is 530. The number of carbonyl (C=O) groups is 1. The Kier molecular flexibility index (Phi) is 5.69. The summed E-state index contributed by atoms with van der Waals surface area (Å²) in [6.07, 6.45) is 7.31. The average molecular weight is 306 g/mol. The molecule has 22 heavy (non-hydrogen) atoms. The molecule has 2 rings (SSSR count). The fourth-order valence-electron chi connectivity index (χ4n) is 3.51. The largest absolute Gasteiger partial charge is 0.511 e. The highest BCUT2D eigenvalue weighted by atomic mass is 16.7. The van der Waals surface area contributed by atoms with Gasteiger partial charge in [-0.1, -0.05) is 32.6 Å². The van der Waals surface area contributed by atoms with Crippen LogP contribution in [0.3, 0.4) is 0 Å². The molecule has 0 aromatic heterocycles. The van der Waals surface area contributed by atoms with Crippen molar-refractivity contribution in [2.45, 2.75) is 71.1 Å². The molecule has 0 radical (unpaired) electrons. The number of hydrogen-bond donors (Lipinski definition) is 2. The molecule has 4 heteroatoms. The summed E-state index contributed by atoms with van der Waals surface area (Å²) in [5, 5.41) is 19.4. The summed E-state index contributed by atoms with van der Waals surface area (Å²) in [6, 6.07) is 1.70. The lowest BCUT2D eigenvalue weighted by Crippen LogP contribution is -2.11. The zero-order valence-corrected chi connectivity index (χ0v) is 13.5. The summed E-state index contributed by atoms with van der Waals surface area (Å²) in [4.78, 5) is 10.9. The number of hydrogen-bond acceptors (Lipinski definition) is 3. The Labute approximate surface area is 132 Å². The molecular formula is C18H26O4. The first-order valence-corrected chi connectivity index (χ1v) is 8.30. The summed E-state index contributed by atoms with van der Waals surface area (Å²) >= 11 is 0. The van der Waals surface area contributed by atoms with Crippen molar-refractivity contribution < 1.29 is 19.7 Å². The highest BCUT2D eigenvalue weighted by molar-refractivity contribution is 5.65. The van der Waals surface area contributed by atoms with Gasteiger partial charge in [0.1, 0.15) is 0 Å². The maximum absolute atomic E-state index is 10.9. The van der Waals surface area contributed by atoms with Gasteiger partial charge in [0, 0.05) is 5.56 Å². The molecule has 4 nitrogen and oxygen atoms in total. The molecule has 1 aromatic carbocycles. The first kappa shape index (κ1) is 16.7. The second-order valence-corrected chi connectivity index (χ2v) is 6.23. The molecule has 1 aliphatic carbocycles. The van der Waals surface area contributed by atoms with Crippen LogP contribution in [0.1, 0.15) is 74.5 Å². The minimum absolute atomic E-state index is 0.0204. The number of phenolic OH excluding ortho intramolecular Hbond substituents is 1. The lowest BCUT2D eigenvalue weighted by Gasteiger charge is -2.26. The van der Waals surface area contributed by atoms with Gasteiger partial charge in [0.25, 0.3) is 0 Å². The lowest BCUT2D eigenvalue weighted by molar-refractivity contribution is 0.142. The summed E-state index contributed by atoms with van der Waals surface area (Å²) < 4.78 is 4.82. The predicted octanol–water partition coefficient (Wildman–Crippen LogP) is 5.15. The number of aryl methyl sites for hydroxylation is 1. The molecule has 0 unspecified atom stereocenters. The lowest BCUT2D eigenvalue weighted by atomic mass is 9.80. The monoisotopic (exact) mass is 306 g/mol. The van der Waals surface area contributed by atoms with Crippen LogP contribution in [0.15, 0.2) is 6.07 Å². The van der Waals surface area contributed by atoms with Gasteiger partial charge in [-0.15, -0.1) is 0 Å². The van der Waals surface area contributed by atoms with Crippen LogP contribution in [0.25, 0.3) is 0 Å². The molecule has 0 spiro atoms. The zero-order valence-electron chi connectivity index (χ0n) is 13.5. The number of phenols is 1. The van der Waals surface area contributed by atoms with Crippen LogP contribution >= 0.6 is 0 Å².